The average Bonchev–Trinajstić information content (AvgIpc) is 3.21. The number of para-hydroxylation sites is 1. The summed E-state index contributed by atoms with van der Waals surface area (Å²) in [5.74, 6) is 1.12. The Morgan fingerprint density at radius 2 is 1.77 bits per heavy atom. The van der Waals surface area contributed by atoms with Gasteiger partial charge >= 0.3 is 0 Å². The van der Waals surface area contributed by atoms with E-state index in [4.69, 9.17) is 4.98 Å². The van der Waals surface area contributed by atoms with Gasteiger partial charge in [0.25, 0.3) is 0 Å². The van der Waals surface area contributed by atoms with Gasteiger partial charge in [0.05, 0.1) is 10.2 Å². The van der Waals surface area contributed by atoms with Gasteiger partial charge in [-0.15, -0.1) is 11.8 Å². The summed E-state index contributed by atoms with van der Waals surface area (Å²) in [7, 11) is 0. The molecule has 3 rings (SSSR count). The number of aromatic nitrogens is 1. The molecule has 6 heteroatoms. The zero-order valence-electron chi connectivity index (χ0n) is 19.1. The second-order valence-corrected chi connectivity index (χ2v) is 9.93. The number of rotatable bonds is 11. The van der Waals surface area contributed by atoms with E-state index in [0.717, 1.165) is 52.7 Å². The molecule has 0 aliphatic heterocycles. The Morgan fingerprint density at radius 3 is 2.45 bits per heavy atom. The number of amides is 1. The van der Waals surface area contributed by atoms with E-state index in [9.17, 15) is 4.79 Å². The van der Waals surface area contributed by atoms with Gasteiger partial charge in [-0.1, -0.05) is 55.0 Å². The van der Waals surface area contributed by atoms with Crippen molar-refractivity contribution >= 4 is 44.4 Å². The zero-order chi connectivity index (χ0) is 22.2. The topological polar surface area (TPSA) is 36.4 Å². The number of thiazole rings is 1. The van der Waals surface area contributed by atoms with Crippen LogP contribution >= 0.6 is 23.1 Å². The first-order valence-electron chi connectivity index (χ1n) is 11.1. The number of carbonyl (C=O) groups excluding carboxylic acids is 1. The van der Waals surface area contributed by atoms with Crippen LogP contribution in [0.4, 0.5) is 5.13 Å². The van der Waals surface area contributed by atoms with Crippen LogP contribution in [0.3, 0.4) is 0 Å². The fourth-order valence-corrected chi connectivity index (χ4v) is 5.42. The molecule has 1 heterocycles. The van der Waals surface area contributed by atoms with Crippen molar-refractivity contribution in [3.63, 3.8) is 0 Å². The zero-order valence-corrected chi connectivity index (χ0v) is 20.7. The number of hydrogen-bond donors (Lipinski definition) is 0. The number of thioether (sulfide) groups is 1. The van der Waals surface area contributed by atoms with Crippen molar-refractivity contribution in [3.05, 3.63) is 53.6 Å². The molecule has 0 aliphatic carbocycles. The molecular formula is C25H33N3OS2. The first-order chi connectivity index (χ1) is 15.0. The molecule has 31 heavy (non-hydrogen) atoms. The van der Waals surface area contributed by atoms with Gasteiger partial charge in [-0.2, -0.15) is 0 Å². The summed E-state index contributed by atoms with van der Waals surface area (Å²) in [5.41, 5.74) is 3.44. The molecule has 0 atom stereocenters. The van der Waals surface area contributed by atoms with Gasteiger partial charge < -0.3 is 4.90 Å². The lowest BCUT2D eigenvalue weighted by Crippen LogP contribution is -2.38. The van der Waals surface area contributed by atoms with E-state index >= 15 is 0 Å². The second kappa shape index (κ2) is 11.7. The van der Waals surface area contributed by atoms with Crippen LogP contribution in [-0.4, -0.2) is 47.7 Å². The van der Waals surface area contributed by atoms with E-state index in [1.165, 1.54) is 10.5 Å². The highest BCUT2D eigenvalue weighted by molar-refractivity contribution is 7.99. The number of carbonyl (C=O) groups is 1. The Balaban J connectivity index is 1.66. The largest absolute Gasteiger partial charge is 0.302 e. The highest BCUT2D eigenvalue weighted by Crippen LogP contribution is 2.31. The predicted octanol–water partition coefficient (Wildman–Crippen LogP) is 6.16. The summed E-state index contributed by atoms with van der Waals surface area (Å²) in [4.78, 5) is 23.6. The van der Waals surface area contributed by atoms with Crippen molar-refractivity contribution < 1.29 is 4.79 Å². The average molecular weight is 456 g/mol. The van der Waals surface area contributed by atoms with E-state index in [1.807, 2.05) is 16.7 Å². The first-order valence-corrected chi connectivity index (χ1v) is 12.9. The molecule has 1 amide bonds. The van der Waals surface area contributed by atoms with E-state index in [2.05, 4.69) is 75.1 Å². The molecule has 0 radical (unpaired) electrons. The summed E-state index contributed by atoms with van der Waals surface area (Å²) in [5, 5.41) is 0.827. The van der Waals surface area contributed by atoms with Crippen molar-refractivity contribution in [3.8, 4) is 0 Å². The summed E-state index contributed by atoms with van der Waals surface area (Å²) in [6.07, 6.45) is 1.41. The maximum atomic E-state index is 13.2. The molecule has 0 saturated heterocycles. The molecule has 0 N–H and O–H groups in total. The van der Waals surface area contributed by atoms with Crippen molar-refractivity contribution in [2.45, 2.75) is 45.4 Å². The molecule has 0 fully saturated rings. The molecule has 0 saturated carbocycles. The number of aryl methyl sites for hydroxylation is 2. The van der Waals surface area contributed by atoms with E-state index in [1.54, 1.807) is 11.3 Å². The van der Waals surface area contributed by atoms with Crippen molar-refractivity contribution in [1.82, 2.24) is 9.88 Å². The maximum absolute atomic E-state index is 13.2. The Hall–Kier alpha value is -1.89. The minimum absolute atomic E-state index is 0.174. The number of fused-ring (bicyclic) bond motifs is 1. The third kappa shape index (κ3) is 6.55. The normalized spacial score (nSPS) is 11.4. The first kappa shape index (κ1) is 23.8. The minimum Gasteiger partial charge on any atom is -0.302 e. The van der Waals surface area contributed by atoms with Crippen LogP contribution in [0.15, 0.2) is 47.4 Å². The highest BCUT2D eigenvalue weighted by atomic mass is 32.2. The van der Waals surface area contributed by atoms with Crippen LogP contribution in [-0.2, 0) is 4.79 Å². The Bertz CT molecular complexity index is 980. The Labute approximate surface area is 194 Å². The van der Waals surface area contributed by atoms with E-state index < -0.39 is 0 Å². The fraction of sp³-hybridized carbons (Fsp3) is 0.440. The standard InChI is InChI=1S/C25H33N3OS2/c1-5-27(6-2)16-17-28(25-26-24-20(4)9-7-10-22(24)31-25)23(29)11-8-18-30-21-14-12-19(3)13-15-21/h7,9-10,12-15H,5-6,8,11,16-18H2,1-4H3. The van der Waals surface area contributed by atoms with E-state index in [-0.39, 0.29) is 5.91 Å². The molecule has 0 unspecified atom stereocenters. The van der Waals surface area contributed by atoms with Crippen LogP contribution in [0.2, 0.25) is 0 Å². The molecule has 4 nitrogen and oxygen atoms in total. The van der Waals surface area contributed by atoms with Crippen molar-refractivity contribution in [1.29, 1.82) is 0 Å². The third-order valence-electron chi connectivity index (χ3n) is 5.50. The molecule has 1 aromatic heterocycles. The lowest BCUT2D eigenvalue weighted by atomic mass is 10.2. The molecule has 3 aromatic rings. The van der Waals surface area contributed by atoms with Gasteiger partial charge in [0, 0.05) is 24.4 Å². The number of nitrogens with zero attached hydrogens (tertiary/aromatic N) is 3. The lowest BCUT2D eigenvalue weighted by molar-refractivity contribution is -0.118. The SMILES string of the molecule is CCN(CC)CCN(C(=O)CCCSc1ccc(C)cc1)c1nc2c(C)cccc2s1. The van der Waals surface area contributed by atoms with Gasteiger partial charge in [0.15, 0.2) is 5.13 Å². The van der Waals surface area contributed by atoms with Gasteiger partial charge in [-0.25, -0.2) is 4.98 Å². The molecule has 0 spiro atoms. The number of anilines is 1. The highest BCUT2D eigenvalue weighted by Gasteiger charge is 2.20. The maximum Gasteiger partial charge on any atom is 0.228 e. The number of likely N-dealkylation sites (N-methyl/N-ethyl adjacent to an activating group) is 1. The quantitative estimate of drug-likeness (QED) is 0.256. The van der Waals surface area contributed by atoms with Crippen LogP contribution < -0.4 is 4.90 Å². The number of hydrogen-bond acceptors (Lipinski definition) is 5. The summed E-state index contributed by atoms with van der Waals surface area (Å²) in [6.45, 7) is 12.0. The van der Waals surface area contributed by atoms with Crippen LogP contribution in [0.25, 0.3) is 10.2 Å². The van der Waals surface area contributed by atoms with Crippen molar-refractivity contribution in [2.24, 2.45) is 0 Å². The minimum atomic E-state index is 0.174. The molecule has 0 aliphatic rings. The van der Waals surface area contributed by atoms with Crippen LogP contribution in [0.1, 0.15) is 37.8 Å². The summed E-state index contributed by atoms with van der Waals surface area (Å²) in [6, 6.07) is 14.8. The predicted molar refractivity (Wildman–Crippen MR) is 136 cm³/mol. The molecular weight excluding hydrogens is 422 g/mol. The summed E-state index contributed by atoms with van der Waals surface area (Å²) < 4.78 is 1.14. The lowest BCUT2D eigenvalue weighted by Gasteiger charge is -2.24. The monoisotopic (exact) mass is 455 g/mol. The fourth-order valence-electron chi connectivity index (χ4n) is 3.48. The van der Waals surface area contributed by atoms with Crippen LogP contribution in [0, 0.1) is 13.8 Å². The van der Waals surface area contributed by atoms with Gasteiger partial charge in [-0.05, 0) is 62.9 Å². The number of benzene rings is 2. The Morgan fingerprint density at radius 1 is 1.03 bits per heavy atom. The van der Waals surface area contributed by atoms with Gasteiger partial charge in [-0.3, -0.25) is 9.69 Å². The van der Waals surface area contributed by atoms with Crippen LogP contribution in [0.5, 0.6) is 0 Å². The van der Waals surface area contributed by atoms with Crippen molar-refractivity contribution in [2.75, 3.05) is 36.8 Å². The third-order valence-corrected chi connectivity index (χ3v) is 7.64. The van der Waals surface area contributed by atoms with Gasteiger partial charge in [0.1, 0.15) is 0 Å². The smallest absolute Gasteiger partial charge is 0.228 e. The van der Waals surface area contributed by atoms with Gasteiger partial charge in [0.2, 0.25) is 5.91 Å². The second-order valence-electron chi connectivity index (χ2n) is 7.76. The molecule has 0 bridgehead atoms. The molecule has 166 valence electrons. The summed E-state index contributed by atoms with van der Waals surface area (Å²) >= 11 is 3.44. The Kier molecular flexibility index (Phi) is 8.93. The van der Waals surface area contributed by atoms with E-state index in [0.29, 0.717) is 13.0 Å². The molecule has 2 aromatic carbocycles.